The van der Waals surface area contributed by atoms with Crippen molar-refractivity contribution in [2.45, 2.75) is 46.1 Å². The van der Waals surface area contributed by atoms with E-state index in [1.165, 1.54) is 0 Å². The van der Waals surface area contributed by atoms with Crippen LogP contribution < -0.4 is 5.73 Å². The van der Waals surface area contributed by atoms with Gasteiger partial charge in [-0.3, -0.25) is 4.79 Å². The molecule has 0 heterocycles. The Hall–Kier alpha value is -0.570. The molecule has 3 unspecified atom stereocenters. The van der Waals surface area contributed by atoms with Gasteiger partial charge in [0.2, 0.25) is 5.91 Å². The van der Waals surface area contributed by atoms with Gasteiger partial charge in [0.25, 0.3) is 0 Å². The third kappa shape index (κ3) is 2.94. The lowest BCUT2D eigenvalue weighted by molar-refractivity contribution is -0.138. The summed E-state index contributed by atoms with van der Waals surface area (Å²) in [6.45, 7) is 7.89. The molecular weight excluding hydrogens is 188 g/mol. The van der Waals surface area contributed by atoms with Crippen LogP contribution >= 0.6 is 0 Å². The molecule has 0 spiro atoms. The second-order valence-electron chi connectivity index (χ2n) is 4.67. The second kappa shape index (κ2) is 5.50. The molecule has 2 N–H and O–H groups in total. The number of carbonyl (C=O) groups is 1. The third-order valence-electron chi connectivity index (χ3n) is 3.60. The first-order valence-corrected chi connectivity index (χ1v) is 6.14. The monoisotopic (exact) mass is 212 g/mol. The summed E-state index contributed by atoms with van der Waals surface area (Å²) in [5, 5.41) is 0. The minimum absolute atomic E-state index is 0.213. The molecule has 0 aromatic rings. The highest BCUT2D eigenvalue weighted by atomic mass is 16.2. The summed E-state index contributed by atoms with van der Waals surface area (Å²) in [6.07, 6.45) is 2.97. The molecule has 0 bridgehead atoms. The fourth-order valence-corrected chi connectivity index (χ4v) is 2.57. The molecule has 1 fully saturated rings. The van der Waals surface area contributed by atoms with Crippen LogP contribution in [0.1, 0.15) is 40.0 Å². The van der Waals surface area contributed by atoms with Crippen LogP contribution in [0.5, 0.6) is 0 Å². The normalized spacial score (nSPS) is 31.3. The topological polar surface area (TPSA) is 46.3 Å². The Kier molecular flexibility index (Phi) is 4.58. The minimum atomic E-state index is 0.213. The highest BCUT2D eigenvalue weighted by Crippen LogP contribution is 2.30. The van der Waals surface area contributed by atoms with Crippen molar-refractivity contribution in [1.82, 2.24) is 4.90 Å². The van der Waals surface area contributed by atoms with Gasteiger partial charge < -0.3 is 10.6 Å². The molecular formula is C12H24N2O. The molecule has 0 aromatic carbocycles. The number of nitrogens with zero attached hydrogens (tertiary/aromatic N) is 1. The van der Waals surface area contributed by atoms with Crippen LogP contribution in [0.4, 0.5) is 0 Å². The Bertz CT molecular complexity index is 214. The van der Waals surface area contributed by atoms with E-state index in [1.807, 2.05) is 18.7 Å². The fraction of sp³-hybridized carbons (Fsp3) is 0.917. The molecule has 1 amide bonds. The summed E-state index contributed by atoms with van der Waals surface area (Å²) in [5.74, 6) is 0.992. The highest BCUT2D eigenvalue weighted by molar-refractivity contribution is 5.79. The first kappa shape index (κ1) is 12.5. The highest BCUT2D eigenvalue weighted by Gasteiger charge is 2.32. The minimum Gasteiger partial charge on any atom is -0.343 e. The lowest BCUT2D eigenvalue weighted by atomic mass is 9.77. The van der Waals surface area contributed by atoms with Gasteiger partial charge in [-0.05, 0) is 39.0 Å². The first-order valence-electron chi connectivity index (χ1n) is 6.14. The summed E-state index contributed by atoms with van der Waals surface area (Å²) in [6, 6.07) is 0.306. The fourth-order valence-electron chi connectivity index (χ4n) is 2.57. The van der Waals surface area contributed by atoms with Crippen LogP contribution in [0.25, 0.3) is 0 Å². The van der Waals surface area contributed by atoms with E-state index in [0.717, 1.165) is 32.4 Å². The molecule has 0 saturated heterocycles. The van der Waals surface area contributed by atoms with Gasteiger partial charge in [-0.25, -0.2) is 0 Å². The first-order chi connectivity index (χ1) is 7.10. The average Bonchev–Trinajstić information content (AvgIpc) is 2.19. The Labute approximate surface area is 93.0 Å². The zero-order chi connectivity index (χ0) is 11.4. The van der Waals surface area contributed by atoms with E-state index >= 15 is 0 Å². The molecule has 3 atom stereocenters. The molecule has 3 nitrogen and oxygen atoms in total. The molecule has 1 rings (SSSR count). The predicted octanol–water partition coefficient (Wildman–Crippen LogP) is 1.62. The number of nitrogens with two attached hydrogens (primary N) is 1. The number of hydrogen-bond acceptors (Lipinski definition) is 2. The van der Waals surface area contributed by atoms with Gasteiger partial charge in [0, 0.05) is 25.0 Å². The van der Waals surface area contributed by atoms with E-state index in [9.17, 15) is 4.79 Å². The van der Waals surface area contributed by atoms with Gasteiger partial charge >= 0.3 is 0 Å². The summed E-state index contributed by atoms with van der Waals surface area (Å²) >= 11 is 0. The van der Waals surface area contributed by atoms with Gasteiger partial charge in [-0.1, -0.05) is 6.92 Å². The molecule has 0 aliphatic heterocycles. The van der Waals surface area contributed by atoms with E-state index in [0.29, 0.717) is 17.9 Å². The second-order valence-corrected chi connectivity index (χ2v) is 4.67. The van der Waals surface area contributed by atoms with Gasteiger partial charge in [0.15, 0.2) is 0 Å². The third-order valence-corrected chi connectivity index (χ3v) is 3.60. The van der Waals surface area contributed by atoms with Gasteiger partial charge in [0.1, 0.15) is 0 Å². The molecule has 3 heteroatoms. The molecule has 1 aliphatic carbocycles. The molecule has 15 heavy (non-hydrogen) atoms. The van der Waals surface area contributed by atoms with Crippen molar-refractivity contribution in [3.8, 4) is 0 Å². The van der Waals surface area contributed by atoms with Crippen molar-refractivity contribution in [3.63, 3.8) is 0 Å². The molecule has 88 valence electrons. The Balaban J connectivity index is 2.59. The number of rotatable bonds is 3. The van der Waals surface area contributed by atoms with E-state index in [2.05, 4.69) is 6.92 Å². The van der Waals surface area contributed by atoms with Gasteiger partial charge in [-0.15, -0.1) is 0 Å². The van der Waals surface area contributed by atoms with Crippen LogP contribution in [0.2, 0.25) is 0 Å². The van der Waals surface area contributed by atoms with Crippen LogP contribution in [0, 0.1) is 11.8 Å². The summed E-state index contributed by atoms with van der Waals surface area (Å²) in [7, 11) is 0. The Morgan fingerprint density at radius 3 is 2.40 bits per heavy atom. The van der Waals surface area contributed by atoms with Crippen LogP contribution in [-0.4, -0.2) is 29.9 Å². The van der Waals surface area contributed by atoms with Gasteiger partial charge in [0.05, 0.1) is 0 Å². The smallest absolute Gasteiger partial charge is 0.225 e. The molecule has 1 aliphatic rings. The maximum atomic E-state index is 12.2. The van der Waals surface area contributed by atoms with Gasteiger partial charge in [-0.2, -0.15) is 0 Å². The van der Waals surface area contributed by atoms with Crippen molar-refractivity contribution in [1.29, 1.82) is 0 Å². The van der Waals surface area contributed by atoms with Crippen molar-refractivity contribution in [3.05, 3.63) is 0 Å². The average molecular weight is 212 g/mol. The number of carbonyl (C=O) groups excluding carboxylic acids is 1. The zero-order valence-electron chi connectivity index (χ0n) is 10.2. The quantitative estimate of drug-likeness (QED) is 0.772. The van der Waals surface area contributed by atoms with Crippen molar-refractivity contribution < 1.29 is 4.79 Å². The summed E-state index contributed by atoms with van der Waals surface area (Å²) < 4.78 is 0. The SMILES string of the molecule is CCN(CC)C(=O)C1CCC(N)CC1C. The van der Waals surface area contributed by atoms with Crippen LogP contribution in [0.15, 0.2) is 0 Å². The largest absolute Gasteiger partial charge is 0.343 e. The van der Waals surface area contributed by atoms with E-state index in [1.54, 1.807) is 0 Å². The van der Waals surface area contributed by atoms with Crippen molar-refractivity contribution in [2.24, 2.45) is 17.6 Å². The lowest BCUT2D eigenvalue weighted by Gasteiger charge is -2.34. The maximum Gasteiger partial charge on any atom is 0.225 e. The Morgan fingerprint density at radius 2 is 1.93 bits per heavy atom. The van der Waals surface area contributed by atoms with E-state index in [-0.39, 0.29) is 5.92 Å². The number of amides is 1. The molecule has 0 aromatic heterocycles. The standard InChI is InChI=1S/C12H24N2O/c1-4-14(5-2)12(15)11-7-6-10(13)8-9(11)3/h9-11H,4-8,13H2,1-3H3. The zero-order valence-corrected chi connectivity index (χ0v) is 10.2. The van der Waals surface area contributed by atoms with E-state index in [4.69, 9.17) is 5.73 Å². The lowest BCUT2D eigenvalue weighted by Crippen LogP contribution is -2.42. The van der Waals surface area contributed by atoms with E-state index < -0.39 is 0 Å². The number of hydrogen-bond donors (Lipinski definition) is 1. The summed E-state index contributed by atoms with van der Waals surface area (Å²) in [4.78, 5) is 14.1. The van der Waals surface area contributed by atoms with Crippen LogP contribution in [0.3, 0.4) is 0 Å². The van der Waals surface area contributed by atoms with Crippen LogP contribution in [-0.2, 0) is 4.79 Å². The molecule has 1 saturated carbocycles. The Morgan fingerprint density at radius 1 is 1.33 bits per heavy atom. The van der Waals surface area contributed by atoms with Crippen molar-refractivity contribution in [2.75, 3.05) is 13.1 Å². The maximum absolute atomic E-state index is 12.2. The van der Waals surface area contributed by atoms with Crippen molar-refractivity contribution >= 4 is 5.91 Å². The molecule has 0 radical (unpaired) electrons. The summed E-state index contributed by atoms with van der Waals surface area (Å²) in [5.41, 5.74) is 5.90. The predicted molar refractivity (Wildman–Crippen MR) is 62.4 cm³/mol.